The van der Waals surface area contributed by atoms with Gasteiger partial charge in [-0.25, -0.2) is 9.78 Å². The highest BCUT2D eigenvalue weighted by Crippen LogP contribution is 2.33. The first-order chi connectivity index (χ1) is 12.7. The summed E-state index contributed by atoms with van der Waals surface area (Å²) in [5, 5.41) is 21.8. The minimum Gasteiger partial charge on any atom is -0.445 e. The van der Waals surface area contributed by atoms with Crippen LogP contribution in [0.1, 0.15) is 22.8 Å². The molecule has 1 aromatic heterocycles. The van der Waals surface area contributed by atoms with E-state index in [1.807, 2.05) is 0 Å². The van der Waals surface area contributed by atoms with E-state index in [1.165, 1.54) is 0 Å². The van der Waals surface area contributed by atoms with E-state index >= 15 is 0 Å². The third-order valence-corrected chi connectivity index (χ3v) is 3.86. The van der Waals surface area contributed by atoms with Crippen molar-refractivity contribution in [2.24, 2.45) is 0 Å². The Morgan fingerprint density at radius 1 is 1.26 bits per heavy atom. The summed E-state index contributed by atoms with van der Waals surface area (Å²) in [4.78, 5) is 15.0. The van der Waals surface area contributed by atoms with Crippen LogP contribution in [0.3, 0.4) is 0 Å². The largest absolute Gasteiger partial charge is 0.445 e. The number of nitrogens with one attached hydrogen (secondary N) is 1. The van der Waals surface area contributed by atoms with Crippen LogP contribution in [0.15, 0.2) is 42.6 Å². The van der Waals surface area contributed by atoms with Gasteiger partial charge in [0.25, 0.3) is 0 Å². The third-order valence-electron chi connectivity index (χ3n) is 3.54. The summed E-state index contributed by atoms with van der Waals surface area (Å²) in [5.74, 6) is 0. The van der Waals surface area contributed by atoms with Crippen molar-refractivity contribution in [3.63, 3.8) is 0 Å². The van der Waals surface area contributed by atoms with Crippen molar-refractivity contribution in [1.82, 2.24) is 10.3 Å². The molecule has 6 nitrogen and oxygen atoms in total. The monoisotopic (exact) mass is 404 g/mol. The van der Waals surface area contributed by atoms with Gasteiger partial charge >= 0.3 is 12.3 Å². The van der Waals surface area contributed by atoms with Crippen LogP contribution in [0.2, 0.25) is 5.15 Å². The molecule has 2 rings (SSSR count). The van der Waals surface area contributed by atoms with Gasteiger partial charge in [-0.15, -0.1) is 0 Å². The number of alkyl carbamates (subject to hydrolysis) is 1. The second-order valence-corrected chi connectivity index (χ2v) is 5.91. The second kappa shape index (κ2) is 9.03. The molecule has 10 heteroatoms. The van der Waals surface area contributed by atoms with E-state index in [1.54, 1.807) is 30.3 Å². The molecule has 0 aliphatic heterocycles. The minimum absolute atomic E-state index is 0.00526. The fourth-order valence-corrected chi connectivity index (χ4v) is 2.32. The fraction of sp³-hybridized carbons (Fsp3) is 0.294. The van der Waals surface area contributed by atoms with Crippen LogP contribution in [0.5, 0.6) is 0 Å². The first-order valence-corrected chi connectivity index (χ1v) is 8.09. The Kier molecular flexibility index (Phi) is 7.00. The van der Waals surface area contributed by atoms with Gasteiger partial charge < -0.3 is 20.3 Å². The Morgan fingerprint density at radius 2 is 1.93 bits per heavy atom. The van der Waals surface area contributed by atoms with E-state index in [9.17, 15) is 28.2 Å². The predicted octanol–water partition coefficient (Wildman–Crippen LogP) is 3.07. The first-order valence-electron chi connectivity index (χ1n) is 7.72. The Balaban J connectivity index is 1.91. The van der Waals surface area contributed by atoms with E-state index in [-0.39, 0.29) is 11.8 Å². The molecule has 0 saturated carbocycles. The van der Waals surface area contributed by atoms with Gasteiger partial charge in [0, 0.05) is 18.3 Å². The number of benzene rings is 1. The molecule has 0 spiro atoms. The van der Waals surface area contributed by atoms with Crippen molar-refractivity contribution in [3.05, 3.63) is 64.4 Å². The summed E-state index contributed by atoms with van der Waals surface area (Å²) in [6.07, 6.45) is -8.45. The molecule has 0 bridgehead atoms. The Hall–Kier alpha value is -2.36. The highest BCUT2D eigenvalue weighted by molar-refractivity contribution is 6.30. The summed E-state index contributed by atoms with van der Waals surface area (Å²) in [7, 11) is 0. The molecule has 27 heavy (non-hydrogen) atoms. The molecular weight excluding hydrogens is 389 g/mol. The summed E-state index contributed by atoms with van der Waals surface area (Å²) in [6.45, 7) is -0.476. The molecule has 0 aliphatic rings. The lowest BCUT2D eigenvalue weighted by atomic mass is 10.0. The predicted molar refractivity (Wildman–Crippen MR) is 89.8 cm³/mol. The molecule has 0 fully saturated rings. The van der Waals surface area contributed by atoms with Crippen molar-refractivity contribution in [2.75, 3.05) is 6.54 Å². The van der Waals surface area contributed by atoms with Crippen LogP contribution in [0, 0.1) is 0 Å². The van der Waals surface area contributed by atoms with Gasteiger partial charge in [0.05, 0.1) is 5.56 Å². The number of pyridine rings is 1. The minimum atomic E-state index is -4.68. The van der Waals surface area contributed by atoms with Gasteiger partial charge in [-0.05, 0) is 11.6 Å². The van der Waals surface area contributed by atoms with Crippen LogP contribution in [0.4, 0.5) is 18.0 Å². The molecule has 2 unspecified atom stereocenters. The summed E-state index contributed by atoms with van der Waals surface area (Å²) >= 11 is 5.70. The van der Waals surface area contributed by atoms with Crippen LogP contribution in [-0.4, -0.2) is 33.9 Å². The van der Waals surface area contributed by atoms with Crippen molar-refractivity contribution in [1.29, 1.82) is 0 Å². The van der Waals surface area contributed by atoms with Crippen LogP contribution in [0.25, 0.3) is 0 Å². The van der Waals surface area contributed by atoms with Gasteiger partial charge in [-0.1, -0.05) is 41.9 Å². The quantitative estimate of drug-likeness (QED) is 0.644. The highest BCUT2D eigenvalue weighted by atomic mass is 35.5. The smallest absolute Gasteiger partial charge is 0.417 e. The number of alkyl halides is 3. The van der Waals surface area contributed by atoms with Gasteiger partial charge in [0.15, 0.2) is 0 Å². The first kappa shape index (κ1) is 20.9. The van der Waals surface area contributed by atoms with Gasteiger partial charge in [0.2, 0.25) is 0 Å². The zero-order valence-corrected chi connectivity index (χ0v) is 14.5. The van der Waals surface area contributed by atoms with Gasteiger partial charge in [-0.2, -0.15) is 13.2 Å². The maximum absolute atomic E-state index is 12.7. The van der Waals surface area contributed by atoms with Crippen LogP contribution in [-0.2, 0) is 17.5 Å². The normalized spacial score (nSPS) is 13.7. The molecule has 3 N–H and O–H groups in total. The number of carbonyl (C=O) groups excluding carboxylic acids is 1. The van der Waals surface area contributed by atoms with E-state index in [2.05, 4.69) is 10.3 Å². The van der Waals surface area contributed by atoms with E-state index < -0.39 is 42.1 Å². The average molecular weight is 405 g/mol. The van der Waals surface area contributed by atoms with Crippen molar-refractivity contribution >= 4 is 17.7 Å². The molecule has 2 atom stereocenters. The molecule has 0 saturated heterocycles. The lowest BCUT2D eigenvalue weighted by Gasteiger charge is -2.20. The number of hydrogen-bond donors (Lipinski definition) is 3. The van der Waals surface area contributed by atoms with Gasteiger partial charge in [0.1, 0.15) is 24.0 Å². The number of aliphatic hydroxyl groups excluding tert-OH is 2. The van der Waals surface area contributed by atoms with Crippen molar-refractivity contribution in [3.8, 4) is 0 Å². The lowest BCUT2D eigenvalue weighted by molar-refractivity contribution is -0.138. The average Bonchev–Trinajstić information content (AvgIpc) is 2.64. The summed E-state index contributed by atoms with van der Waals surface area (Å²) in [5.41, 5.74) is -0.781. The Bertz CT molecular complexity index is 775. The number of amides is 1. The van der Waals surface area contributed by atoms with E-state index in [0.717, 1.165) is 5.56 Å². The topological polar surface area (TPSA) is 91.7 Å². The van der Waals surface area contributed by atoms with Crippen molar-refractivity contribution in [2.45, 2.75) is 25.0 Å². The molecule has 0 radical (unpaired) electrons. The number of rotatable bonds is 6. The standard InChI is InChI=1S/C17H16ClF3N2O4/c18-15-12(6-11(7-22-15)17(19,20)21)14(25)13(24)8-23-16(26)27-9-10-4-2-1-3-5-10/h1-7,13-14,24-25H,8-9H2,(H,23,26). The summed E-state index contributed by atoms with van der Waals surface area (Å²) in [6, 6.07) is 9.42. The molecule has 146 valence electrons. The zero-order valence-electron chi connectivity index (χ0n) is 13.8. The van der Waals surface area contributed by atoms with Crippen LogP contribution < -0.4 is 5.32 Å². The van der Waals surface area contributed by atoms with E-state index in [0.29, 0.717) is 12.3 Å². The molecule has 1 amide bonds. The third kappa shape index (κ3) is 6.09. The number of nitrogens with zero attached hydrogens (tertiary/aromatic N) is 1. The van der Waals surface area contributed by atoms with Crippen molar-refractivity contribution < 1.29 is 32.9 Å². The number of halogens is 4. The summed E-state index contributed by atoms with van der Waals surface area (Å²) < 4.78 is 43.1. The molecule has 1 heterocycles. The number of ether oxygens (including phenoxy) is 1. The van der Waals surface area contributed by atoms with Gasteiger partial charge in [-0.3, -0.25) is 0 Å². The lowest BCUT2D eigenvalue weighted by Crippen LogP contribution is -2.36. The SMILES string of the molecule is O=C(NCC(O)C(O)c1cc(C(F)(F)F)cnc1Cl)OCc1ccccc1. The maximum Gasteiger partial charge on any atom is 0.417 e. The molecule has 1 aromatic carbocycles. The number of aromatic nitrogens is 1. The highest BCUT2D eigenvalue weighted by Gasteiger charge is 2.33. The Labute approximate surface area is 157 Å². The molecular formula is C17H16ClF3N2O4. The molecule has 0 aliphatic carbocycles. The number of carbonyl (C=O) groups is 1. The number of hydrogen-bond acceptors (Lipinski definition) is 5. The molecule has 2 aromatic rings. The number of aliphatic hydroxyl groups is 2. The van der Waals surface area contributed by atoms with E-state index in [4.69, 9.17) is 16.3 Å². The van der Waals surface area contributed by atoms with Crippen LogP contribution >= 0.6 is 11.6 Å². The maximum atomic E-state index is 12.7. The zero-order chi connectivity index (χ0) is 20.0. The Morgan fingerprint density at radius 3 is 2.56 bits per heavy atom. The fourth-order valence-electron chi connectivity index (χ4n) is 2.11. The second-order valence-electron chi connectivity index (χ2n) is 5.56.